The molecule has 13 heteroatoms. The van der Waals surface area contributed by atoms with E-state index in [1.807, 2.05) is 0 Å². The normalized spacial score (nSPS) is 12.4. The Hall–Kier alpha value is -3.90. The highest BCUT2D eigenvalue weighted by molar-refractivity contribution is 5.91. The number of benzene rings is 3. The summed E-state index contributed by atoms with van der Waals surface area (Å²) in [5.41, 5.74) is -5.68. The minimum Gasteiger partial charge on any atom is -0.478 e. The second-order valence-electron chi connectivity index (χ2n) is 7.38. The van der Waals surface area contributed by atoms with E-state index in [2.05, 4.69) is 5.32 Å². The Kier molecular flexibility index (Phi) is 7.14. The van der Waals surface area contributed by atoms with Crippen LogP contribution in [0.3, 0.4) is 0 Å². The average Bonchev–Trinajstić information content (AvgIpc) is 2.76. The highest BCUT2D eigenvalue weighted by atomic mass is 19.4. The van der Waals surface area contributed by atoms with E-state index in [1.165, 1.54) is 18.2 Å². The third kappa shape index (κ3) is 6.40. The lowest BCUT2D eigenvalue weighted by Gasteiger charge is -2.18. The Balaban J connectivity index is 2.02. The number of carboxylic acids is 1. The van der Waals surface area contributed by atoms with Crippen molar-refractivity contribution in [3.8, 4) is 11.5 Å². The zero-order valence-electron chi connectivity index (χ0n) is 17.6. The van der Waals surface area contributed by atoms with Crippen LogP contribution in [0.5, 0.6) is 11.5 Å². The molecular formula is C23H14F9NO3. The van der Waals surface area contributed by atoms with Crippen LogP contribution in [-0.4, -0.2) is 11.1 Å². The minimum absolute atomic E-state index is 0.0782. The molecule has 0 saturated heterocycles. The number of alkyl halides is 9. The van der Waals surface area contributed by atoms with Crippen LogP contribution < -0.4 is 10.1 Å². The van der Waals surface area contributed by atoms with Gasteiger partial charge in [-0.15, -0.1) is 0 Å². The molecule has 0 spiro atoms. The Bertz CT molecular complexity index is 1230. The van der Waals surface area contributed by atoms with Gasteiger partial charge in [0.2, 0.25) is 0 Å². The van der Waals surface area contributed by atoms with Crippen LogP contribution in [0.15, 0.2) is 60.7 Å². The summed E-state index contributed by atoms with van der Waals surface area (Å²) in [5.74, 6) is -2.01. The standard InChI is InChI=1S/C23H14F9NO3/c24-21(25,26)13-5-6-19(36-18-4-2-1-3-16(18)20(34)35)17(10-13)33-11-12-7-14(22(27,28)29)9-15(8-12)23(30,31)32/h1-10,33H,11H2,(H,34,35). The fourth-order valence-electron chi connectivity index (χ4n) is 3.10. The fourth-order valence-corrected chi connectivity index (χ4v) is 3.10. The van der Waals surface area contributed by atoms with E-state index < -0.39 is 59.0 Å². The van der Waals surface area contributed by atoms with Crippen LogP contribution in [-0.2, 0) is 25.1 Å². The summed E-state index contributed by atoms with van der Waals surface area (Å²) in [6.07, 6.45) is -15.1. The molecule has 0 saturated carbocycles. The molecule has 0 aliphatic carbocycles. The number of halogens is 9. The molecule has 3 rings (SSSR count). The summed E-state index contributed by atoms with van der Waals surface area (Å²) in [6, 6.07) is 7.92. The van der Waals surface area contributed by atoms with Crippen LogP contribution in [0.2, 0.25) is 0 Å². The van der Waals surface area contributed by atoms with Crippen molar-refractivity contribution in [2.24, 2.45) is 0 Å². The lowest BCUT2D eigenvalue weighted by Crippen LogP contribution is -2.13. The summed E-state index contributed by atoms with van der Waals surface area (Å²) >= 11 is 0. The first-order valence-electron chi connectivity index (χ1n) is 9.79. The SMILES string of the molecule is O=C(O)c1ccccc1Oc1ccc(C(F)(F)F)cc1NCc1cc(C(F)(F)F)cc(C(F)(F)F)c1. The maximum absolute atomic E-state index is 13.2. The van der Waals surface area contributed by atoms with E-state index in [4.69, 9.17) is 4.74 Å². The molecule has 4 nitrogen and oxygen atoms in total. The lowest BCUT2D eigenvalue weighted by molar-refractivity contribution is -0.143. The smallest absolute Gasteiger partial charge is 0.416 e. The summed E-state index contributed by atoms with van der Waals surface area (Å²) in [6.45, 7) is -0.745. The minimum atomic E-state index is -5.11. The van der Waals surface area contributed by atoms with E-state index in [-0.39, 0.29) is 23.1 Å². The Labute approximate surface area is 196 Å². The third-order valence-electron chi connectivity index (χ3n) is 4.77. The number of carbonyl (C=O) groups is 1. The van der Waals surface area contributed by atoms with Crippen molar-refractivity contribution in [2.45, 2.75) is 25.1 Å². The van der Waals surface area contributed by atoms with Gasteiger partial charge >= 0.3 is 24.5 Å². The second-order valence-corrected chi connectivity index (χ2v) is 7.38. The first-order valence-corrected chi connectivity index (χ1v) is 9.79. The van der Waals surface area contributed by atoms with Crippen LogP contribution >= 0.6 is 0 Å². The van der Waals surface area contributed by atoms with Crippen molar-refractivity contribution in [2.75, 3.05) is 5.32 Å². The number of para-hydroxylation sites is 1. The van der Waals surface area contributed by atoms with E-state index >= 15 is 0 Å². The van der Waals surface area contributed by atoms with Crippen molar-refractivity contribution >= 4 is 11.7 Å². The van der Waals surface area contributed by atoms with E-state index in [0.717, 1.165) is 12.1 Å². The molecule has 0 atom stereocenters. The summed E-state index contributed by atoms with van der Waals surface area (Å²) < 4.78 is 124. The van der Waals surface area contributed by atoms with Gasteiger partial charge in [0.25, 0.3) is 0 Å². The molecule has 0 bridgehead atoms. The van der Waals surface area contributed by atoms with Gasteiger partial charge in [-0.25, -0.2) is 4.79 Å². The predicted molar refractivity (Wildman–Crippen MR) is 109 cm³/mol. The first kappa shape index (κ1) is 26.7. The van der Waals surface area contributed by atoms with Crippen molar-refractivity contribution in [3.63, 3.8) is 0 Å². The van der Waals surface area contributed by atoms with Gasteiger partial charge in [0.05, 0.1) is 22.4 Å². The zero-order chi connectivity index (χ0) is 26.9. The molecule has 0 heterocycles. The van der Waals surface area contributed by atoms with Crippen molar-refractivity contribution in [3.05, 3.63) is 88.5 Å². The van der Waals surface area contributed by atoms with Crippen molar-refractivity contribution < 1.29 is 54.2 Å². The Morgan fingerprint density at radius 2 is 1.28 bits per heavy atom. The summed E-state index contributed by atoms with van der Waals surface area (Å²) in [5, 5.41) is 11.6. The number of hydrogen-bond acceptors (Lipinski definition) is 3. The molecule has 2 N–H and O–H groups in total. The molecule has 0 aliphatic heterocycles. The zero-order valence-corrected chi connectivity index (χ0v) is 17.6. The van der Waals surface area contributed by atoms with E-state index in [9.17, 15) is 49.4 Å². The van der Waals surface area contributed by atoms with Gasteiger partial charge in [0, 0.05) is 6.54 Å². The van der Waals surface area contributed by atoms with Gasteiger partial charge < -0.3 is 15.2 Å². The number of carboxylic acid groups (broad SMARTS) is 1. The van der Waals surface area contributed by atoms with Crippen molar-refractivity contribution in [1.82, 2.24) is 0 Å². The molecule has 192 valence electrons. The predicted octanol–water partition coefficient (Wildman–Crippen LogP) is 7.85. The molecule has 36 heavy (non-hydrogen) atoms. The highest BCUT2D eigenvalue weighted by Gasteiger charge is 2.37. The first-order chi connectivity index (χ1) is 16.6. The molecule has 3 aromatic carbocycles. The van der Waals surface area contributed by atoms with E-state index in [1.54, 1.807) is 0 Å². The number of rotatable bonds is 6. The molecule has 3 aromatic rings. The van der Waals surface area contributed by atoms with Gasteiger partial charge in [-0.3, -0.25) is 0 Å². The van der Waals surface area contributed by atoms with Gasteiger partial charge in [0.15, 0.2) is 5.75 Å². The number of hydrogen-bond donors (Lipinski definition) is 2. The van der Waals surface area contributed by atoms with E-state index in [0.29, 0.717) is 24.3 Å². The van der Waals surface area contributed by atoms with Gasteiger partial charge in [0.1, 0.15) is 11.3 Å². The summed E-state index contributed by atoms with van der Waals surface area (Å²) in [4.78, 5) is 11.4. The topological polar surface area (TPSA) is 58.6 Å². The molecule has 0 aromatic heterocycles. The molecule has 0 amide bonds. The maximum Gasteiger partial charge on any atom is 0.416 e. The average molecular weight is 523 g/mol. The number of anilines is 1. The van der Waals surface area contributed by atoms with Gasteiger partial charge in [-0.05, 0) is 54.1 Å². The molecule has 0 radical (unpaired) electrons. The molecule has 0 unspecified atom stereocenters. The van der Waals surface area contributed by atoms with Crippen LogP contribution in [0, 0.1) is 0 Å². The van der Waals surface area contributed by atoms with Crippen LogP contribution in [0.1, 0.15) is 32.6 Å². The number of ether oxygens (including phenoxy) is 1. The summed E-state index contributed by atoms with van der Waals surface area (Å²) in [7, 11) is 0. The highest BCUT2D eigenvalue weighted by Crippen LogP contribution is 2.39. The van der Waals surface area contributed by atoms with Crippen LogP contribution in [0.4, 0.5) is 45.2 Å². The second kappa shape index (κ2) is 9.63. The molecular weight excluding hydrogens is 509 g/mol. The van der Waals surface area contributed by atoms with Gasteiger partial charge in [-0.2, -0.15) is 39.5 Å². The van der Waals surface area contributed by atoms with Crippen molar-refractivity contribution in [1.29, 1.82) is 0 Å². The lowest BCUT2D eigenvalue weighted by atomic mass is 10.0. The van der Waals surface area contributed by atoms with Crippen LogP contribution in [0.25, 0.3) is 0 Å². The fraction of sp³-hybridized carbons (Fsp3) is 0.174. The van der Waals surface area contributed by atoms with Gasteiger partial charge in [-0.1, -0.05) is 12.1 Å². The Morgan fingerprint density at radius 1 is 0.722 bits per heavy atom. The monoisotopic (exact) mass is 523 g/mol. The quantitative estimate of drug-likeness (QED) is 0.323. The largest absolute Gasteiger partial charge is 0.478 e. The molecule has 0 aliphatic rings. The molecule has 0 fully saturated rings. The third-order valence-corrected chi connectivity index (χ3v) is 4.77. The number of nitrogens with one attached hydrogen (secondary N) is 1. The maximum atomic E-state index is 13.2. The Morgan fingerprint density at radius 3 is 1.81 bits per heavy atom. The number of aromatic carboxylic acids is 1.